The summed E-state index contributed by atoms with van der Waals surface area (Å²) in [5.74, 6) is 2.90. The number of benzene rings is 1. The molecule has 1 nitrogen and oxygen atoms in total. The molecule has 0 aliphatic carbocycles. The molecular weight excluding hydrogens is 269 g/mol. The van der Waals surface area contributed by atoms with Gasteiger partial charge in [-0.3, -0.25) is 0 Å². The molecule has 0 saturated carbocycles. The Morgan fingerprint density at radius 3 is 2.75 bits per heavy atom. The first kappa shape index (κ1) is 17.5. The van der Waals surface area contributed by atoms with Gasteiger partial charge in [-0.1, -0.05) is 32.9 Å². The normalized spacial score (nSPS) is 12.8. The van der Waals surface area contributed by atoms with Crippen molar-refractivity contribution < 1.29 is 4.39 Å². The highest BCUT2D eigenvalue weighted by atomic mass is 32.2. The van der Waals surface area contributed by atoms with E-state index in [-0.39, 0.29) is 5.82 Å². The van der Waals surface area contributed by atoms with Gasteiger partial charge >= 0.3 is 0 Å². The van der Waals surface area contributed by atoms with E-state index in [1.807, 2.05) is 23.9 Å². The van der Waals surface area contributed by atoms with Crippen LogP contribution in [0.15, 0.2) is 24.3 Å². The zero-order valence-electron chi connectivity index (χ0n) is 13.0. The van der Waals surface area contributed by atoms with Crippen LogP contribution in [0.5, 0.6) is 0 Å². The van der Waals surface area contributed by atoms with E-state index in [9.17, 15) is 4.39 Å². The minimum Gasteiger partial charge on any atom is -0.314 e. The molecule has 0 bridgehead atoms. The molecule has 0 amide bonds. The summed E-state index contributed by atoms with van der Waals surface area (Å²) in [6.07, 6.45) is 3.43. The Balaban J connectivity index is 2.47. The lowest BCUT2D eigenvalue weighted by molar-refractivity contribution is 0.419. The van der Waals surface area contributed by atoms with Crippen LogP contribution in [-0.2, 0) is 6.42 Å². The molecule has 0 fully saturated rings. The summed E-state index contributed by atoms with van der Waals surface area (Å²) in [5.41, 5.74) is 1.11. The molecule has 0 spiro atoms. The molecule has 114 valence electrons. The summed E-state index contributed by atoms with van der Waals surface area (Å²) in [6.45, 7) is 7.57. The average Bonchev–Trinajstić information content (AvgIpc) is 2.40. The Bertz CT molecular complexity index is 368. The van der Waals surface area contributed by atoms with Crippen molar-refractivity contribution in [2.45, 2.75) is 46.1 Å². The SMILES string of the molecule is CCSCCCC(CNC(C)C)Cc1cccc(F)c1. The van der Waals surface area contributed by atoms with E-state index >= 15 is 0 Å². The molecule has 1 unspecified atom stereocenters. The topological polar surface area (TPSA) is 12.0 Å². The Morgan fingerprint density at radius 1 is 1.30 bits per heavy atom. The van der Waals surface area contributed by atoms with E-state index in [0.29, 0.717) is 12.0 Å². The van der Waals surface area contributed by atoms with Crippen molar-refractivity contribution in [3.8, 4) is 0 Å². The van der Waals surface area contributed by atoms with Crippen molar-refractivity contribution in [3.05, 3.63) is 35.6 Å². The van der Waals surface area contributed by atoms with E-state index in [1.54, 1.807) is 6.07 Å². The van der Waals surface area contributed by atoms with Gasteiger partial charge in [0, 0.05) is 6.04 Å². The first-order valence-corrected chi connectivity index (χ1v) is 8.82. The number of halogens is 1. The van der Waals surface area contributed by atoms with Gasteiger partial charge in [-0.2, -0.15) is 11.8 Å². The number of hydrogen-bond acceptors (Lipinski definition) is 2. The fourth-order valence-electron chi connectivity index (χ4n) is 2.29. The molecule has 1 aromatic rings. The largest absolute Gasteiger partial charge is 0.314 e. The van der Waals surface area contributed by atoms with Crippen molar-refractivity contribution in [1.82, 2.24) is 5.32 Å². The smallest absolute Gasteiger partial charge is 0.123 e. The van der Waals surface area contributed by atoms with Crippen molar-refractivity contribution in [3.63, 3.8) is 0 Å². The Morgan fingerprint density at radius 2 is 2.10 bits per heavy atom. The fraction of sp³-hybridized carbons (Fsp3) is 0.647. The summed E-state index contributed by atoms with van der Waals surface area (Å²) in [6, 6.07) is 7.54. The van der Waals surface area contributed by atoms with Crippen LogP contribution in [0.1, 0.15) is 39.2 Å². The zero-order valence-corrected chi connectivity index (χ0v) is 13.8. The second-order valence-corrected chi connectivity index (χ2v) is 7.00. The number of rotatable bonds is 10. The van der Waals surface area contributed by atoms with E-state index in [1.165, 1.54) is 30.4 Å². The van der Waals surface area contributed by atoms with Crippen molar-refractivity contribution in [2.75, 3.05) is 18.1 Å². The highest BCUT2D eigenvalue weighted by Crippen LogP contribution is 2.16. The third-order valence-electron chi connectivity index (χ3n) is 3.33. The summed E-state index contributed by atoms with van der Waals surface area (Å²) in [7, 11) is 0. The maximum absolute atomic E-state index is 13.3. The van der Waals surface area contributed by atoms with Crippen LogP contribution in [0.4, 0.5) is 4.39 Å². The lowest BCUT2D eigenvalue weighted by Gasteiger charge is -2.19. The Labute approximate surface area is 127 Å². The molecule has 0 aliphatic rings. The molecule has 1 N–H and O–H groups in total. The number of nitrogens with one attached hydrogen (secondary N) is 1. The molecule has 0 aliphatic heterocycles. The monoisotopic (exact) mass is 297 g/mol. The van der Waals surface area contributed by atoms with Crippen LogP contribution in [0, 0.1) is 11.7 Å². The van der Waals surface area contributed by atoms with Crippen LogP contribution in [0.2, 0.25) is 0 Å². The molecule has 0 heterocycles. The quantitative estimate of drug-likeness (QED) is 0.637. The Kier molecular flexibility index (Phi) is 8.95. The summed E-state index contributed by atoms with van der Waals surface area (Å²) < 4.78 is 13.3. The molecule has 0 aromatic heterocycles. The minimum absolute atomic E-state index is 0.125. The van der Waals surface area contributed by atoms with Gasteiger partial charge in [0.2, 0.25) is 0 Å². The van der Waals surface area contributed by atoms with Gasteiger partial charge in [0.25, 0.3) is 0 Å². The minimum atomic E-state index is -0.125. The van der Waals surface area contributed by atoms with Gasteiger partial charge in [0.15, 0.2) is 0 Å². The molecule has 1 rings (SSSR count). The lowest BCUT2D eigenvalue weighted by Crippen LogP contribution is -2.30. The standard InChI is InChI=1S/C17H28FNS/c1-4-20-10-6-8-16(13-19-14(2)3)11-15-7-5-9-17(18)12-15/h5,7,9,12,14,16,19H,4,6,8,10-11,13H2,1-3H3. The summed E-state index contributed by atoms with van der Waals surface area (Å²) in [4.78, 5) is 0. The third kappa shape index (κ3) is 7.91. The molecule has 0 saturated heterocycles. The maximum Gasteiger partial charge on any atom is 0.123 e. The number of thioether (sulfide) groups is 1. The summed E-state index contributed by atoms with van der Waals surface area (Å²) in [5, 5.41) is 3.52. The molecule has 3 heteroatoms. The van der Waals surface area contributed by atoms with Crippen LogP contribution in [-0.4, -0.2) is 24.1 Å². The van der Waals surface area contributed by atoms with E-state index in [4.69, 9.17) is 0 Å². The number of hydrogen-bond donors (Lipinski definition) is 1. The van der Waals surface area contributed by atoms with E-state index in [0.717, 1.165) is 18.5 Å². The predicted molar refractivity (Wildman–Crippen MR) is 89.0 cm³/mol. The van der Waals surface area contributed by atoms with Crippen molar-refractivity contribution in [1.29, 1.82) is 0 Å². The van der Waals surface area contributed by atoms with Gasteiger partial charge in [-0.15, -0.1) is 0 Å². The van der Waals surface area contributed by atoms with Gasteiger partial charge in [0.05, 0.1) is 0 Å². The third-order valence-corrected chi connectivity index (χ3v) is 4.32. The second kappa shape index (κ2) is 10.2. The fourth-order valence-corrected chi connectivity index (χ4v) is 2.95. The Hall–Kier alpha value is -0.540. The second-order valence-electron chi connectivity index (χ2n) is 5.60. The highest BCUT2D eigenvalue weighted by Gasteiger charge is 2.11. The summed E-state index contributed by atoms with van der Waals surface area (Å²) >= 11 is 2.00. The van der Waals surface area contributed by atoms with Gasteiger partial charge in [0.1, 0.15) is 5.82 Å². The van der Waals surface area contributed by atoms with E-state index in [2.05, 4.69) is 26.1 Å². The zero-order chi connectivity index (χ0) is 14.8. The van der Waals surface area contributed by atoms with Crippen LogP contribution < -0.4 is 5.32 Å². The van der Waals surface area contributed by atoms with Gasteiger partial charge in [-0.25, -0.2) is 4.39 Å². The van der Waals surface area contributed by atoms with Gasteiger partial charge < -0.3 is 5.32 Å². The maximum atomic E-state index is 13.3. The predicted octanol–water partition coefficient (Wildman–Crippen LogP) is 4.52. The van der Waals surface area contributed by atoms with Crippen LogP contribution in [0.25, 0.3) is 0 Å². The molecular formula is C17H28FNS. The van der Waals surface area contributed by atoms with Crippen molar-refractivity contribution >= 4 is 11.8 Å². The van der Waals surface area contributed by atoms with Crippen LogP contribution in [0.3, 0.4) is 0 Å². The van der Waals surface area contributed by atoms with Gasteiger partial charge in [-0.05, 0) is 60.9 Å². The molecule has 0 radical (unpaired) electrons. The first-order valence-electron chi connectivity index (χ1n) is 7.67. The lowest BCUT2D eigenvalue weighted by atomic mass is 9.94. The van der Waals surface area contributed by atoms with Crippen LogP contribution >= 0.6 is 11.8 Å². The molecule has 1 atom stereocenters. The average molecular weight is 297 g/mol. The highest BCUT2D eigenvalue weighted by molar-refractivity contribution is 7.99. The van der Waals surface area contributed by atoms with E-state index < -0.39 is 0 Å². The first-order chi connectivity index (χ1) is 9.61. The molecule has 1 aromatic carbocycles. The van der Waals surface area contributed by atoms with Crippen molar-refractivity contribution in [2.24, 2.45) is 5.92 Å². The molecule has 20 heavy (non-hydrogen) atoms.